The Balaban J connectivity index is 2.06. The Morgan fingerprint density at radius 3 is 2.57 bits per heavy atom. The van der Waals surface area contributed by atoms with E-state index in [1.807, 2.05) is 30.3 Å². The van der Waals surface area contributed by atoms with Gasteiger partial charge in [-0.2, -0.15) is 5.10 Å². The van der Waals surface area contributed by atoms with Crippen molar-refractivity contribution in [1.29, 1.82) is 0 Å². The number of hydrogen-bond donors (Lipinski definition) is 0. The van der Waals surface area contributed by atoms with Crippen LogP contribution in [0, 0.1) is 0 Å². The lowest BCUT2D eigenvalue weighted by Crippen LogP contribution is -2.12. The van der Waals surface area contributed by atoms with E-state index in [9.17, 15) is 4.79 Å². The summed E-state index contributed by atoms with van der Waals surface area (Å²) >= 11 is 6.70. The number of pyridine rings is 1. The van der Waals surface area contributed by atoms with Crippen LogP contribution in [-0.4, -0.2) is 20.5 Å². The quantitative estimate of drug-likeness (QED) is 0.617. The Bertz CT molecular complexity index is 800. The summed E-state index contributed by atoms with van der Waals surface area (Å²) in [5.74, 6) is -0.185. The molecule has 2 heterocycles. The number of benzene rings is 1. The van der Waals surface area contributed by atoms with Crippen molar-refractivity contribution in [2.45, 2.75) is 0 Å². The van der Waals surface area contributed by atoms with Crippen LogP contribution in [0.3, 0.4) is 0 Å². The van der Waals surface area contributed by atoms with Gasteiger partial charge in [-0.05, 0) is 56.1 Å². The van der Waals surface area contributed by atoms with Crippen molar-refractivity contribution in [2.75, 3.05) is 0 Å². The van der Waals surface area contributed by atoms with Gasteiger partial charge in [0.2, 0.25) is 5.78 Å². The van der Waals surface area contributed by atoms with Crippen LogP contribution in [0.4, 0.5) is 0 Å². The molecule has 0 radical (unpaired) electrons. The summed E-state index contributed by atoms with van der Waals surface area (Å²) in [5, 5.41) is 4.22. The highest BCUT2D eigenvalue weighted by Gasteiger charge is 2.19. The molecular weight excluding hydrogens is 398 g/mol. The molecule has 4 nitrogen and oxygen atoms in total. The molecule has 0 bridgehead atoms. The van der Waals surface area contributed by atoms with E-state index in [1.54, 1.807) is 29.2 Å². The first-order valence-electron chi connectivity index (χ1n) is 6.12. The molecule has 0 saturated heterocycles. The van der Waals surface area contributed by atoms with Gasteiger partial charge in [-0.1, -0.05) is 18.2 Å². The molecule has 0 aliphatic heterocycles. The van der Waals surface area contributed by atoms with Crippen LogP contribution in [0.5, 0.6) is 0 Å². The first-order valence-corrected chi connectivity index (χ1v) is 7.70. The highest BCUT2D eigenvalue weighted by Crippen LogP contribution is 2.22. The summed E-state index contributed by atoms with van der Waals surface area (Å²) in [4.78, 5) is 16.8. The Morgan fingerprint density at radius 1 is 1.10 bits per heavy atom. The van der Waals surface area contributed by atoms with Crippen LogP contribution in [0.25, 0.3) is 5.69 Å². The number of carbonyl (C=O) groups is 1. The largest absolute Gasteiger partial charge is 0.285 e. The van der Waals surface area contributed by atoms with E-state index in [0.29, 0.717) is 15.9 Å². The number of rotatable bonds is 3. The summed E-state index contributed by atoms with van der Waals surface area (Å²) in [6, 6.07) is 13.0. The van der Waals surface area contributed by atoms with E-state index in [0.717, 1.165) is 10.2 Å². The second-order valence-corrected chi connectivity index (χ2v) is 6.05. The van der Waals surface area contributed by atoms with Crippen LogP contribution < -0.4 is 0 Å². The van der Waals surface area contributed by atoms with Crippen LogP contribution in [0.15, 0.2) is 63.8 Å². The third-order valence-electron chi connectivity index (χ3n) is 2.90. The minimum atomic E-state index is -0.185. The van der Waals surface area contributed by atoms with Crippen molar-refractivity contribution in [2.24, 2.45) is 0 Å². The van der Waals surface area contributed by atoms with Crippen molar-refractivity contribution in [3.63, 3.8) is 0 Å². The van der Waals surface area contributed by atoms with Gasteiger partial charge in [-0.25, -0.2) is 4.68 Å². The maximum atomic E-state index is 12.7. The van der Waals surface area contributed by atoms with Gasteiger partial charge in [0.15, 0.2) is 0 Å². The predicted octanol–water partition coefficient (Wildman–Crippen LogP) is 4.02. The minimum Gasteiger partial charge on any atom is -0.285 e. The van der Waals surface area contributed by atoms with E-state index in [4.69, 9.17) is 0 Å². The van der Waals surface area contributed by atoms with Crippen LogP contribution in [-0.2, 0) is 0 Å². The lowest BCUT2D eigenvalue weighted by atomic mass is 10.2. The van der Waals surface area contributed by atoms with E-state index < -0.39 is 0 Å². The Hall–Kier alpha value is -1.79. The molecule has 1 aromatic carbocycles. The van der Waals surface area contributed by atoms with Gasteiger partial charge in [0.25, 0.3) is 0 Å². The molecule has 21 heavy (non-hydrogen) atoms. The summed E-state index contributed by atoms with van der Waals surface area (Å²) < 4.78 is 3.06. The summed E-state index contributed by atoms with van der Waals surface area (Å²) in [5.41, 5.74) is 1.66. The molecule has 6 heteroatoms. The van der Waals surface area contributed by atoms with Crippen molar-refractivity contribution < 1.29 is 4.79 Å². The van der Waals surface area contributed by atoms with Crippen LogP contribution >= 0.6 is 31.9 Å². The molecule has 104 valence electrons. The van der Waals surface area contributed by atoms with E-state index >= 15 is 0 Å². The first-order chi connectivity index (χ1) is 10.2. The van der Waals surface area contributed by atoms with Crippen molar-refractivity contribution >= 4 is 37.6 Å². The molecule has 0 aliphatic carbocycles. The first kappa shape index (κ1) is 14.2. The monoisotopic (exact) mass is 405 g/mol. The fourth-order valence-electron chi connectivity index (χ4n) is 1.95. The number of para-hydroxylation sites is 1. The van der Waals surface area contributed by atoms with E-state index in [2.05, 4.69) is 41.9 Å². The molecule has 0 spiro atoms. The van der Waals surface area contributed by atoms with Gasteiger partial charge in [0.1, 0.15) is 11.4 Å². The molecule has 2 aromatic heterocycles. The smallest absolute Gasteiger partial charge is 0.230 e. The third kappa shape index (κ3) is 2.82. The Kier molecular flexibility index (Phi) is 3.98. The van der Waals surface area contributed by atoms with Crippen molar-refractivity contribution in [3.8, 4) is 5.69 Å². The zero-order chi connectivity index (χ0) is 14.8. The number of aromatic nitrogens is 3. The fourth-order valence-corrected chi connectivity index (χ4v) is 3.12. The normalized spacial score (nSPS) is 10.6. The molecule has 0 aliphatic rings. The maximum Gasteiger partial charge on any atom is 0.230 e. The zero-order valence-corrected chi connectivity index (χ0v) is 13.9. The van der Waals surface area contributed by atoms with Gasteiger partial charge in [-0.15, -0.1) is 0 Å². The lowest BCUT2D eigenvalue weighted by Gasteiger charge is -2.07. The van der Waals surface area contributed by atoms with Crippen molar-refractivity contribution in [3.05, 3.63) is 75.2 Å². The van der Waals surface area contributed by atoms with Crippen LogP contribution in [0.2, 0.25) is 0 Å². The van der Waals surface area contributed by atoms with Gasteiger partial charge >= 0.3 is 0 Å². The van der Waals surface area contributed by atoms with Crippen LogP contribution in [0.1, 0.15) is 16.2 Å². The van der Waals surface area contributed by atoms with Gasteiger partial charge in [-0.3, -0.25) is 9.78 Å². The average Bonchev–Trinajstić information content (AvgIpc) is 2.97. The number of nitrogens with zero attached hydrogens (tertiary/aromatic N) is 3. The fraction of sp³-hybridized carbons (Fsp3) is 0. The molecule has 0 saturated carbocycles. The second kappa shape index (κ2) is 5.91. The zero-order valence-electron chi connectivity index (χ0n) is 10.7. The molecule has 3 rings (SSSR count). The summed E-state index contributed by atoms with van der Waals surface area (Å²) in [7, 11) is 0. The van der Waals surface area contributed by atoms with Gasteiger partial charge in [0.05, 0.1) is 11.9 Å². The Labute approximate surface area is 138 Å². The minimum absolute atomic E-state index is 0.185. The number of carbonyl (C=O) groups excluding carboxylic acids is 1. The summed E-state index contributed by atoms with van der Waals surface area (Å²) in [6.45, 7) is 0. The lowest BCUT2D eigenvalue weighted by molar-refractivity contribution is 0.102. The molecule has 0 fully saturated rings. The molecular formula is C15H9Br2N3O. The third-order valence-corrected chi connectivity index (χ3v) is 3.94. The second-order valence-electron chi connectivity index (χ2n) is 4.28. The van der Waals surface area contributed by atoms with Gasteiger partial charge in [0, 0.05) is 15.1 Å². The number of ketones is 1. The van der Waals surface area contributed by atoms with Gasteiger partial charge < -0.3 is 0 Å². The molecule has 0 N–H and O–H groups in total. The van der Waals surface area contributed by atoms with Crippen molar-refractivity contribution in [1.82, 2.24) is 14.8 Å². The Morgan fingerprint density at radius 2 is 1.86 bits per heavy atom. The highest BCUT2D eigenvalue weighted by molar-refractivity contribution is 9.11. The average molecular weight is 407 g/mol. The predicted molar refractivity (Wildman–Crippen MR) is 86.6 cm³/mol. The summed E-state index contributed by atoms with van der Waals surface area (Å²) in [6.07, 6.45) is 3.20. The van der Waals surface area contributed by atoms with E-state index in [-0.39, 0.29) is 5.78 Å². The molecule has 0 unspecified atom stereocenters. The molecule has 3 aromatic rings. The maximum absolute atomic E-state index is 12.7. The highest BCUT2D eigenvalue weighted by atomic mass is 79.9. The number of hydrogen-bond acceptors (Lipinski definition) is 3. The topological polar surface area (TPSA) is 47.8 Å². The standard InChI is InChI=1S/C15H9Br2N3O/c16-10-8-12(17)14(18-9-10)15(21)13-6-7-19-20(13)11-4-2-1-3-5-11/h1-9H. The molecule has 0 amide bonds. The molecule has 0 atom stereocenters. The SMILES string of the molecule is O=C(c1ncc(Br)cc1Br)c1ccnn1-c1ccccc1. The van der Waals surface area contributed by atoms with E-state index in [1.165, 1.54) is 0 Å². The number of halogens is 2.